The minimum Gasteiger partial charge on any atom is -0.335 e. The van der Waals surface area contributed by atoms with Crippen molar-refractivity contribution < 1.29 is 4.79 Å². The molecule has 0 aromatic carbocycles. The molecule has 0 spiro atoms. The van der Waals surface area contributed by atoms with E-state index >= 15 is 0 Å². The molecule has 9 nitrogen and oxygen atoms in total. The smallest absolute Gasteiger partial charge is 0.276 e. The number of amides is 1. The topological polar surface area (TPSA) is 84.1 Å². The lowest BCUT2D eigenvalue weighted by molar-refractivity contribution is 0.0781. The quantitative estimate of drug-likeness (QED) is 0.801. The largest absolute Gasteiger partial charge is 0.335 e. The maximum absolute atomic E-state index is 12.8. The Morgan fingerprint density at radius 1 is 1.22 bits per heavy atom. The van der Waals surface area contributed by atoms with Crippen molar-refractivity contribution in [2.75, 3.05) is 45.8 Å². The fourth-order valence-electron chi connectivity index (χ4n) is 3.99. The van der Waals surface area contributed by atoms with E-state index in [9.17, 15) is 4.79 Å². The van der Waals surface area contributed by atoms with Crippen LogP contribution in [0.1, 0.15) is 34.3 Å². The normalized spacial score (nSPS) is 21.1. The fourth-order valence-corrected chi connectivity index (χ4v) is 3.99. The molecule has 1 amide bonds. The van der Waals surface area contributed by atoms with Gasteiger partial charge in [0.05, 0.1) is 24.5 Å². The summed E-state index contributed by atoms with van der Waals surface area (Å²) in [5, 5.41) is 16.2. The van der Waals surface area contributed by atoms with Crippen LogP contribution in [0.25, 0.3) is 0 Å². The van der Waals surface area contributed by atoms with Gasteiger partial charge in [-0.05, 0) is 26.3 Å². The number of carbonyl (C=O) groups is 1. The van der Waals surface area contributed by atoms with Crippen molar-refractivity contribution in [3.05, 3.63) is 29.3 Å². The molecular formula is C18H28N8O. The standard InChI is InChI=1S/C18H28N8O/c1-14-11-15(2)26(21-14)16-3-6-24(12-16)18(27)17-13-25(22-20-17)10-9-23-7-4-19-5-8-23/h11,13,16,19H,3-10,12H2,1-2H3/t16-/m1/s1. The van der Waals surface area contributed by atoms with Gasteiger partial charge in [-0.3, -0.25) is 19.1 Å². The summed E-state index contributed by atoms with van der Waals surface area (Å²) in [5.74, 6) is -0.0348. The van der Waals surface area contributed by atoms with Crippen LogP contribution < -0.4 is 5.32 Å². The van der Waals surface area contributed by atoms with Crippen LogP contribution >= 0.6 is 0 Å². The van der Waals surface area contributed by atoms with E-state index in [2.05, 4.69) is 38.6 Å². The number of nitrogens with one attached hydrogen (secondary N) is 1. The van der Waals surface area contributed by atoms with Crippen molar-refractivity contribution in [1.82, 2.24) is 39.9 Å². The van der Waals surface area contributed by atoms with Gasteiger partial charge in [0.2, 0.25) is 0 Å². The predicted molar refractivity (Wildman–Crippen MR) is 101 cm³/mol. The van der Waals surface area contributed by atoms with Gasteiger partial charge in [-0.15, -0.1) is 5.10 Å². The summed E-state index contributed by atoms with van der Waals surface area (Å²) < 4.78 is 3.83. The molecule has 0 aliphatic carbocycles. The molecule has 1 atom stereocenters. The van der Waals surface area contributed by atoms with Crippen molar-refractivity contribution in [2.24, 2.45) is 0 Å². The Morgan fingerprint density at radius 3 is 2.78 bits per heavy atom. The van der Waals surface area contributed by atoms with Crippen LogP contribution in [0.3, 0.4) is 0 Å². The molecule has 1 N–H and O–H groups in total. The van der Waals surface area contributed by atoms with E-state index in [1.807, 2.05) is 16.5 Å². The van der Waals surface area contributed by atoms with Gasteiger partial charge in [0.1, 0.15) is 0 Å². The van der Waals surface area contributed by atoms with Gasteiger partial charge in [0.15, 0.2) is 5.69 Å². The van der Waals surface area contributed by atoms with E-state index in [0.717, 1.165) is 63.6 Å². The molecule has 27 heavy (non-hydrogen) atoms. The fraction of sp³-hybridized carbons (Fsp3) is 0.667. The highest BCUT2D eigenvalue weighted by Gasteiger charge is 2.30. The van der Waals surface area contributed by atoms with Crippen molar-refractivity contribution in [2.45, 2.75) is 32.9 Å². The van der Waals surface area contributed by atoms with E-state index < -0.39 is 0 Å². The lowest BCUT2D eigenvalue weighted by atomic mass is 10.2. The van der Waals surface area contributed by atoms with Crippen LogP contribution in [0, 0.1) is 13.8 Å². The Kier molecular flexibility index (Phi) is 5.22. The third-order valence-corrected chi connectivity index (χ3v) is 5.45. The third-order valence-electron chi connectivity index (χ3n) is 5.45. The van der Waals surface area contributed by atoms with E-state index in [4.69, 9.17) is 0 Å². The maximum atomic E-state index is 12.8. The van der Waals surface area contributed by atoms with Crippen LogP contribution in [0.2, 0.25) is 0 Å². The molecule has 0 saturated carbocycles. The Hall–Kier alpha value is -2.26. The van der Waals surface area contributed by atoms with Gasteiger partial charge in [-0.1, -0.05) is 5.21 Å². The summed E-state index contributed by atoms with van der Waals surface area (Å²) >= 11 is 0. The third kappa shape index (κ3) is 4.03. The van der Waals surface area contributed by atoms with Gasteiger partial charge in [-0.25, -0.2) is 0 Å². The molecule has 0 unspecified atom stereocenters. The highest BCUT2D eigenvalue weighted by molar-refractivity contribution is 5.92. The number of aromatic nitrogens is 5. The molecule has 0 bridgehead atoms. The zero-order chi connectivity index (χ0) is 18.8. The SMILES string of the molecule is Cc1cc(C)n([C@@H]2CCN(C(=O)c3cn(CCN4CCNCC4)nn3)C2)n1. The predicted octanol–water partition coefficient (Wildman–Crippen LogP) is 0.0838. The number of hydrogen-bond donors (Lipinski definition) is 1. The average Bonchev–Trinajstić information content (AvgIpc) is 3.40. The van der Waals surface area contributed by atoms with Crippen molar-refractivity contribution in [3.8, 4) is 0 Å². The monoisotopic (exact) mass is 372 g/mol. The molecule has 2 fully saturated rings. The Morgan fingerprint density at radius 2 is 2.04 bits per heavy atom. The summed E-state index contributed by atoms with van der Waals surface area (Å²) in [6, 6.07) is 2.32. The molecule has 4 rings (SSSR count). The number of aryl methyl sites for hydroxylation is 2. The molecule has 2 aromatic heterocycles. The van der Waals surface area contributed by atoms with E-state index in [-0.39, 0.29) is 11.9 Å². The minimum atomic E-state index is -0.0348. The Labute approximate surface area is 159 Å². The second-order valence-corrected chi connectivity index (χ2v) is 7.52. The van der Waals surface area contributed by atoms with Crippen molar-refractivity contribution >= 4 is 5.91 Å². The molecule has 9 heteroatoms. The molecule has 2 aliphatic heterocycles. The second kappa shape index (κ2) is 7.77. The first-order chi connectivity index (χ1) is 13.1. The van der Waals surface area contributed by atoms with Crippen molar-refractivity contribution in [1.29, 1.82) is 0 Å². The summed E-state index contributed by atoms with van der Waals surface area (Å²) in [6.45, 7) is 11.3. The van der Waals surface area contributed by atoms with Crippen molar-refractivity contribution in [3.63, 3.8) is 0 Å². The number of carbonyl (C=O) groups excluding carboxylic acids is 1. The number of hydrogen-bond acceptors (Lipinski definition) is 6. The zero-order valence-corrected chi connectivity index (χ0v) is 16.1. The average molecular weight is 372 g/mol. The number of likely N-dealkylation sites (tertiary alicyclic amines) is 1. The van der Waals surface area contributed by atoms with Crippen LogP contribution in [0.4, 0.5) is 0 Å². The lowest BCUT2D eigenvalue weighted by Crippen LogP contribution is -2.44. The molecule has 0 radical (unpaired) electrons. The second-order valence-electron chi connectivity index (χ2n) is 7.52. The first kappa shape index (κ1) is 18.1. The molecule has 146 valence electrons. The Balaban J connectivity index is 1.33. The number of rotatable bonds is 5. The van der Waals surface area contributed by atoms with Crippen LogP contribution in [0.5, 0.6) is 0 Å². The minimum absolute atomic E-state index is 0.0348. The van der Waals surface area contributed by atoms with E-state index in [1.54, 1.807) is 10.9 Å². The van der Waals surface area contributed by atoms with Gasteiger partial charge in [-0.2, -0.15) is 5.10 Å². The highest BCUT2D eigenvalue weighted by atomic mass is 16.2. The van der Waals surface area contributed by atoms with Crippen LogP contribution in [-0.4, -0.2) is 86.3 Å². The summed E-state index contributed by atoms with van der Waals surface area (Å²) in [6.07, 6.45) is 2.70. The number of piperazine rings is 1. The van der Waals surface area contributed by atoms with Gasteiger partial charge in [0.25, 0.3) is 5.91 Å². The molecule has 4 heterocycles. The first-order valence-corrected chi connectivity index (χ1v) is 9.75. The molecule has 2 aliphatic rings. The maximum Gasteiger partial charge on any atom is 0.276 e. The number of nitrogens with zero attached hydrogens (tertiary/aromatic N) is 7. The van der Waals surface area contributed by atoms with Gasteiger partial charge < -0.3 is 10.2 Å². The van der Waals surface area contributed by atoms with Gasteiger partial charge >= 0.3 is 0 Å². The summed E-state index contributed by atoms with van der Waals surface area (Å²) in [7, 11) is 0. The molecular weight excluding hydrogens is 344 g/mol. The lowest BCUT2D eigenvalue weighted by Gasteiger charge is -2.26. The summed E-state index contributed by atoms with van der Waals surface area (Å²) in [4.78, 5) is 17.1. The van der Waals surface area contributed by atoms with E-state index in [1.165, 1.54) is 0 Å². The summed E-state index contributed by atoms with van der Waals surface area (Å²) in [5.41, 5.74) is 2.60. The van der Waals surface area contributed by atoms with Crippen LogP contribution in [-0.2, 0) is 6.54 Å². The van der Waals surface area contributed by atoms with Gasteiger partial charge in [0, 0.05) is 51.5 Å². The zero-order valence-electron chi connectivity index (χ0n) is 16.1. The highest BCUT2D eigenvalue weighted by Crippen LogP contribution is 2.24. The Bertz CT molecular complexity index is 791. The first-order valence-electron chi connectivity index (χ1n) is 9.75. The van der Waals surface area contributed by atoms with E-state index in [0.29, 0.717) is 12.2 Å². The van der Waals surface area contributed by atoms with Crippen LogP contribution in [0.15, 0.2) is 12.3 Å². The molecule has 2 saturated heterocycles. The molecule has 2 aromatic rings.